The molecule has 0 aromatic heterocycles. The molecule has 2 atom stereocenters. The molecule has 0 bridgehead atoms. The van der Waals surface area contributed by atoms with Gasteiger partial charge in [0.2, 0.25) is 18.6 Å². The number of ether oxygens (including phenoxy) is 2. The second-order valence-electron chi connectivity index (χ2n) is 12.2. The number of imide groups is 1. The first-order valence-corrected chi connectivity index (χ1v) is 17.2. The first-order valence-electron chi connectivity index (χ1n) is 16.4. The molecule has 0 fully saturated rings. The van der Waals surface area contributed by atoms with Gasteiger partial charge in [0.1, 0.15) is 0 Å². The van der Waals surface area contributed by atoms with Crippen LogP contribution in [0.4, 0.5) is 0 Å². The summed E-state index contributed by atoms with van der Waals surface area (Å²) in [6.07, 6.45) is 2.13. The Hall–Kier alpha value is -5.16. The Morgan fingerprint density at radius 3 is 2.24 bits per heavy atom. The Bertz CT molecular complexity index is 1910. The Kier molecular flexibility index (Phi) is 11.4. The van der Waals surface area contributed by atoms with Crippen molar-refractivity contribution in [2.24, 2.45) is 0 Å². The minimum atomic E-state index is -1.20. The summed E-state index contributed by atoms with van der Waals surface area (Å²) in [7, 11) is 0. The van der Waals surface area contributed by atoms with Crippen molar-refractivity contribution in [1.29, 1.82) is 0 Å². The van der Waals surface area contributed by atoms with E-state index in [4.69, 9.17) is 32.7 Å². The van der Waals surface area contributed by atoms with Crippen molar-refractivity contribution in [3.8, 4) is 11.5 Å². The van der Waals surface area contributed by atoms with Crippen LogP contribution >= 0.6 is 23.2 Å². The number of fused-ring (bicyclic) bond motifs is 2. The van der Waals surface area contributed by atoms with E-state index in [-0.39, 0.29) is 45.2 Å². The lowest BCUT2D eigenvalue weighted by Gasteiger charge is -2.31. The molecule has 2 aliphatic rings. The maximum absolute atomic E-state index is 13.9. The van der Waals surface area contributed by atoms with E-state index in [1.54, 1.807) is 48.5 Å². The van der Waals surface area contributed by atoms with Crippen LogP contribution in [-0.4, -0.2) is 77.1 Å². The molecule has 2 heterocycles. The fraction of sp³-hybridized carbons (Fsp3) is 0.231. The highest BCUT2D eigenvalue weighted by Gasteiger charge is 2.35. The van der Waals surface area contributed by atoms with Gasteiger partial charge in [0.25, 0.3) is 11.8 Å². The van der Waals surface area contributed by atoms with Gasteiger partial charge < -0.3 is 24.8 Å². The molecule has 0 saturated carbocycles. The molecule has 0 aliphatic carbocycles. The summed E-state index contributed by atoms with van der Waals surface area (Å²) in [6.45, 7) is 0.0713. The summed E-state index contributed by atoms with van der Waals surface area (Å²) in [5.74, 6) is -0.528. The quantitative estimate of drug-likeness (QED) is 0.128. The molecule has 2 unspecified atom stereocenters. The third-order valence-electron chi connectivity index (χ3n) is 8.79. The standard InChI is InChI=1S/C39H35Cl2N3O7/c40-30-11-6-12-31(41)29(30)14-16-36(46)42-32(21-25-7-2-1-3-8-25)33(45)23-43(19-17-26-13-15-34-35(22-26)51-24-50-34)37(47)18-20-44-38(48)27-9-4-5-10-28(27)39(44)49/h1-16,22,32-33,45H,17-21,23-24H2,(H,42,46)/b16-14+. The van der Waals surface area contributed by atoms with E-state index in [0.717, 1.165) is 16.0 Å². The van der Waals surface area contributed by atoms with Gasteiger partial charge in [-0.3, -0.25) is 24.1 Å². The van der Waals surface area contributed by atoms with Crippen molar-refractivity contribution in [1.82, 2.24) is 15.1 Å². The number of benzene rings is 4. The number of nitrogens with one attached hydrogen (secondary N) is 1. The van der Waals surface area contributed by atoms with Crippen molar-refractivity contribution >= 4 is 52.9 Å². The molecule has 6 rings (SSSR count). The van der Waals surface area contributed by atoms with Crippen LogP contribution in [0.5, 0.6) is 11.5 Å². The lowest BCUT2D eigenvalue weighted by atomic mass is 10.00. The molecular weight excluding hydrogens is 693 g/mol. The van der Waals surface area contributed by atoms with Gasteiger partial charge in [-0.2, -0.15) is 0 Å². The second kappa shape index (κ2) is 16.2. The first kappa shape index (κ1) is 35.7. The third kappa shape index (κ3) is 8.60. The average molecular weight is 729 g/mol. The molecule has 10 nitrogen and oxygen atoms in total. The van der Waals surface area contributed by atoms with Gasteiger partial charge in [0.05, 0.1) is 23.3 Å². The maximum atomic E-state index is 13.9. The fourth-order valence-corrected chi connectivity index (χ4v) is 6.57. The Morgan fingerprint density at radius 2 is 1.53 bits per heavy atom. The van der Waals surface area contributed by atoms with Crippen LogP contribution in [0.3, 0.4) is 0 Å². The van der Waals surface area contributed by atoms with Gasteiger partial charge in [0.15, 0.2) is 11.5 Å². The van der Waals surface area contributed by atoms with E-state index < -0.39 is 29.9 Å². The molecule has 0 radical (unpaired) electrons. The number of aliphatic hydroxyl groups is 1. The lowest BCUT2D eigenvalue weighted by molar-refractivity contribution is -0.133. The predicted molar refractivity (Wildman–Crippen MR) is 193 cm³/mol. The average Bonchev–Trinajstić information content (AvgIpc) is 3.70. The molecule has 2 aliphatic heterocycles. The summed E-state index contributed by atoms with van der Waals surface area (Å²) in [6, 6.07) is 25.7. The molecular formula is C39H35Cl2N3O7. The first-order chi connectivity index (χ1) is 24.7. The van der Waals surface area contributed by atoms with Crippen molar-refractivity contribution in [3.63, 3.8) is 0 Å². The minimum Gasteiger partial charge on any atom is -0.454 e. The SMILES string of the molecule is O=C(/C=C/c1c(Cl)cccc1Cl)NC(Cc1ccccc1)C(O)CN(CCc1ccc2c(c1)OCO2)C(=O)CCN1C(=O)c2ccccc2C1=O. The molecule has 2 N–H and O–H groups in total. The Labute approximate surface area is 305 Å². The van der Waals surface area contributed by atoms with Crippen LogP contribution in [0.2, 0.25) is 10.0 Å². The maximum Gasteiger partial charge on any atom is 0.261 e. The van der Waals surface area contributed by atoms with E-state index in [2.05, 4.69) is 5.32 Å². The zero-order chi connectivity index (χ0) is 35.9. The van der Waals surface area contributed by atoms with E-state index in [9.17, 15) is 24.3 Å². The Balaban J connectivity index is 1.19. The van der Waals surface area contributed by atoms with Gasteiger partial charge >= 0.3 is 0 Å². The summed E-state index contributed by atoms with van der Waals surface area (Å²) in [4.78, 5) is 55.6. The monoisotopic (exact) mass is 727 g/mol. The van der Waals surface area contributed by atoms with Crippen LogP contribution < -0.4 is 14.8 Å². The van der Waals surface area contributed by atoms with E-state index in [1.807, 2.05) is 42.5 Å². The summed E-state index contributed by atoms with van der Waals surface area (Å²) >= 11 is 12.5. The van der Waals surface area contributed by atoms with Gasteiger partial charge in [0, 0.05) is 47.7 Å². The topological polar surface area (TPSA) is 125 Å². The smallest absolute Gasteiger partial charge is 0.261 e. The molecule has 4 amide bonds. The number of rotatable bonds is 14. The summed E-state index contributed by atoms with van der Waals surface area (Å²) in [5, 5.41) is 15.3. The Morgan fingerprint density at radius 1 is 0.863 bits per heavy atom. The van der Waals surface area contributed by atoms with Crippen LogP contribution in [0.15, 0.2) is 97.1 Å². The van der Waals surface area contributed by atoms with E-state index in [1.165, 1.54) is 17.1 Å². The van der Waals surface area contributed by atoms with Crippen LogP contribution in [0.25, 0.3) is 6.08 Å². The third-order valence-corrected chi connectivity index (χ3v) is 9.45. The number of hydrogen-bond acceptors (Lipinski definition) is 7. The molecule has 12 heteroatoms. The van der Waals surface area contributed by atoms with E-state index >= 15 is 0 Å². The summed E-state index contributed by atoms with van der Waals surface area (Å²) in [5.41, 5.74) is 2.83. The molecule has 4 aromatic rings. The van der Waals surface area contributed by atoms with E-state index in [0.29, 0.717) is 44.7 Å². The predicted octanol–water partition coefficient (Wildman–Crippen LogP) is 5.58. The minimum absolute atomic E-state index is 0.124. The van der Waals surface area contributed by atoms with Crippen LogP contribution in [0, 0.1) is 0 Å². The van der Waals surface area contributed by atoms with Crippen LogP contribution in [0.1, 0.15) is 43.8 Å². The van der Waals surface area contributed by atoms with Crippen LogP contribution in [-0.2, 0) is 22.4 Å². The second-order valence-corrected chi connectivity index (χ2v) is 13.0. The molecule has 0 saturated heterocycles. The largest absolute Gasteiger partial charge is 0.454 e. The molecule has 0 spiro atoms. The van der Waals surface area contributed by atoms with Gasteiger partial charge in [-0.05, 0) is 66.4 Å². The van der Waals surface area contributed by atoms with Crippen molar-refractivity contribution in [2.45, 2.75) is 31.4 Å². The zero-order valence-electron chi connectivity index (χ0n) is 27.5. The van der Waals surface area contributed by atoms with Crippen molar-refractivity contribution in [3.05, 3.63) is 135 Å². The van der Waals surface area contributed by atoms with Crippen molar-refractivity contribution < 1.29 is 33.8 Å². The highest BCUT2D eigenvalue weighted by molar-refractivity contribution is 6.37. The number of halogens is 2. The highest BCUT2D eigenvalue weighted by atomic mass is 35.5. The molecule has 4 aromatic carbocycles. The number of amides is 4. The number of hydrogen-bond donors (Lipinski definition) is 2. The highest BCUT2D eigenvalue weighted by Crippen LogP contribution is 2.33. The number of carbonyl (C=O) groups is 4. The van der Waals surface area contributed by atoms with Crippen molar-refractivity contribution in [2.75, 3.05) is 26.4 Å². The lowest BCUT2D eigenvalue weighted by Crippen LogP contribution is -2.51. The normalized spacial score (nSPS) is 14.5. The number of carbonyl (C=O) groups excluding carboxylic acids is 4. The van der Waals surface area contributed by atoms with Gasteiger partial charge in [-0.1, -0.05) is 77.8 Å². The molecule has 262 valence electrons. The number of aliphatic hydroxyl groups excluding tert-OH is 1. The zero-order valence-corrected chi connectivity index (χ0v) is 29.0. The number of nitrogens with zero attached hydrogens (tertiary/aromatic N) is 2. The summed E-state index contributed by atoms with van der Waals surface area (Å²) < 4.78 is 10.9. The molecule has 51 heavy (non-hydrogen) atoms. The van der Waals surface area contributed by atoms with Gasteiger partial charge in [-0.25, -0.2) is 0 Å². The fourth-order valence-electron chi connectivity index (χ4n) is 6.05. The van der Waals surface area contributed by atoms with Gasteiger partial charge in [-0.15, -0.1) is 0 Å².